The van der Waals surface area contributed by atoms with E-state index in [2.05, 4.69) is 0 Å². The van der Waals surface area contributed by atoms with Crippen LogP contribution in [0.3, 0.4) is 0 Å². The zero-order valence-electron chi connectivity index (χ0n) is 14.7. The van der Waals surface area contributed by atoms with Crippen LogP contribution in [0, 0.1) is 11.8 Å². The van der Waals surface area contributed by atoms with E-state index in [0.717, 1.165) is 0 Å². The second-order valence-corrected chi connectivity index (χ2v) is 6.64. The van der Waals surface area contributed by atoms with Crippen LogP contribution in [0.2, 0.25) is 0 Å². The van der Waals surface area contributed by atoms with Crippen molar-refractivity contribution < 1.29 is 38.4 Å². The first kappa shape index (κ1) is 18.2. The maximum absolute atomic E-state index is 12.6. The molecule has 0 spiro atoms. The highest BCUT2D eigenvalue weighted by molar-refractivity contribution is 6.02. The average Bonchev–Trinajstić information content (AvgIpc) is 3.06. The van der Waals surface area contributed by atoms with Crippen LogP contribution in [0.15, 0.2) is 18.2 Å². The molecule has 1 aromatic carbocycles. The van der Waals surface area contributed by atoms with Gasteiger partial charge >= 0.3 is 11.9 Å². The van der Waals surface area contributed by atoms with Gasteiger partial charge in [0.05, 0.1) is 25.7 Å². The lowest BCUT2D eigenvalue weighted by molar-refractivity contribution is -0.170. The lowest BCUT2D eigenvalue weighted by atomic mass is 9.61. The molecular weight excluding hydrogens is 344 g/mol. The fourth-order valence-electron chi connectivity index (χ4n) is 3.79. The number of carbonyl (C=O) groups is 3. The summed E-state index contributed by atoms with van der Waals surface area (Å²) in [6.45, 7) is 1.45. The van der Waals surface area contributed by atoms with Crippen LogP contribution in [0.4, 0.5) is 0 Å². The van der Waals surface area contributed by atoms with Gasteiger partial charge in [0.2, 0.25) is 6.79 Å². The quantitative estimate of drug-likeness (QED) is 0.620. The predicted molar refractivity (Wildman–Crippen MR) is 86.6 cm³/mol. The summed E-state index contributed by atoms with van der Waals surface area (Å²) in [5.41, 5.74) is -1.19. The van der Waals surface area contributed by atoms with Crippen molar-refractivity contribution in [1.29, 1.82) is 0 Å². The molecule has 1 aliphatic heterocycles. The summed E-state index contributed by atoms with van der Waals surface area (Å²) in [7, 11) is 2.37. The molecule has 4 atom stereocenters. The summed E-state index contributed by atoms with van der Waals surface area (Å²) in [6, 6.07) is 4.88. The molecule has 0 amide bonds. The molecular formula is C18H20O8. The van der Waals surface area contributed by atoms with Crippen molar-refractivity contribution in [1.82, 2.24) is 0 Å². The molecule has 0 bridgehead atoms. The van der Waals surface area contributed by atoms with Crippen molar-refractivity contribution in [2.75, 3.05) is 21.0 Å². The molecule has 1 saturated carbocycles. The molecule has 0 radical (unpaired) electrons. The summed E-state index contributed by atoms with van der Waals surface area (Å²) >= 11 is 0. The van der Waals surface area contributed by atoms with Gasteiger partial charge in [0, 0.05) is 12.3 Å². The summed E-state index contributed by atoms with van der Waals surface area (Å²) < 4.78 is 20.3. The van der Waals surface area contributed by atoms with Crippen LogP contribution in [0.5, 0.6) is 11.5 Å². The standard InChI is InChI=1S/C18H20O8/c1-18(22)7-10(19)14(16(20)23-2)13(15(18)17(21)24-3)9-4-5-11-12(6-9)26-8-25-11/h4-6,13-15,22H,7-8H2,1-3H3/t13-,14+,15-,18+/m0/s1. The highest BCUT2D eigenvalue weighted by Crippen LogP contribution is 2.48. The number of esters is 2. The number of hydrogen-bond donors (Lipinski definition) is 1. The third-order valence-corrected chi connectivity index (χ3v) is 4.96. The number of rotatable bonds is 3. The highest BCUT2D eigenvalue weighted by atomic mass is 16.7. The molecule has 1 heterocycles. The second-order valence-electron chi connectivity index (χ2n) is 6.64. The van der Waals surface area contributed by atoms with Crippen LogP contribution >= 0.6 is 0 Å². The van der Waals surface area contributed by atoms with E-state index >= 15 is 0 Å². The van der Waals surface area contributed by atoms with Gasteiger partial charge in [-0.15, -0.1) is 0 Å². The smallest absolute Gasteiger partial charge is 0.316 e. The van der Waals surface area contributed by atoms with Crippen molar-refractivity contribution in [3.8, 4) is 11.5 Å². The van der Waals surface area contributed by atoms with Gasteiger partial charge in [-0.1, -0.05) is 6.07 Å². The Bertz CT molecular complexity index is 754. The molecule has 26 heavy (non-hydrogen) atoms. The second kappa shape index (κ2) is 6.60. The summed E-state index contributed by atoms with van der Waals surface area (Å²) in [5, 5.41) is 10.8. The number of Topliss-reactive ketones (excluding diaryl/α,β-unsaturated/α-hetero) is 1. The Balaban J connectivity index is 2.15. The van der Waals surface area contributed by atoms with E-state index in [-0.39, 0.29) is 13.2 Å². The molecule has 140 valence electrons. The molecule has 3 rings (SSSR count). The molecule has 0 saturated heterocycles. The first-order valence-electron chi connectivity index (χ1n) is 8.10. The number of carbonyl (C=O) groups excluding carboxylic acids is 3. The van der Waals surface area contributed by atoms with Gasteiger partial charge < -0.3 is 24.1 Å². The van der Waals surface area contributed by atoms with Gasteiger partial charge in [-0.3, -0.25) is 14.4 Å². The Hall–Kier alpha value is -2.61. The van der Waals surface area contributed by atoms with Crippen molar-refractivity contribution >= 4 is 17.7 Å². The lowest BCUT2D eigenvalue weighted by Gasteiger charge is -2.43. The topological polar surface area (TPSA) is 108 Å². The maximum atomic E-state index is 12.6. The third-order valence-electron chi connectivity index (χ3n) is 4.96. The first-order chi connectivity index (χ1) is 12.3. The summed E-state index contributed by atoms with van der Waals surface area (Å²) in [6.07, 6.45) is -0.354. The van der Waals surface area contributed by atoms with E-state index in [1.807, 2.05) is 0 Å². The minimum atomic E-state index is -1.67. The third kappa shape index (κ3) is 2.90. The number of ether oxygens (including phenoxy) is 4. The van der Waals surface area contributed by atoms with E-state index in [0.29, 0.717) is 17.1 Å². The van der Waals surface area contributed by atoms with Gasteiger partial charge in [0.15, 0.2) is 17.3 Å². The normalized spacial score (nSPS) is 30.0. The van der Waals surface area contributed by atoms with Crippen LogP contribution in [0.25, 0.3) is 0 Å². The van der Waals surface area contributed by atoms with Gasteiger partial charge in [0.1, 0.15) is 5.92 Å². The van der Waals surface area contributed by atoms with E-state index in [9.17, 15) is 19.5 Å². The van der Waals surface area contributed by atoms with Crippen molar-refractivity contribution in [3.05, 3.63) is 23.8 Å². The average molecular weight is 364 g/mol. The molecule has 1 aromatic rings. The fraction of sp³-hybridized carbons (Fsp3) is 0.500. The number of fused-ring (bicyclic) bond motifs is 1. The summed E-state index contributed by atoms with van der Waals surface area (Å²) in [4.78, 5) is 37.4. The van der Waals surface area contributed by atoms with Crippen LogP contribution in [-0.4, -0.2) is 49.4 Å². The Morgan fingerprint density at radius 1 is 1.15 bits per heavy atom. The zero-order chi connectivity index (χ0) is 19.1. The zero-order valence-corrected chi connectivity index (χ0v) is 14.7. The molecule has 8 heteroatoms. The number of ketones is 1. The minimum absolute atomic E-state index is 0.0565. The number of hydrogen-bond acceptors (Lipinski definition) is 8. The molecule has 0 aromatic heterocycles. The Morgan fingerprint density at radius 2 is 1.81 bits per heavy atom. The van der Waals surface area contributed by atoms with E-state index < -0.39 is 41.1 Å². The van der Waals surface area contributed by atoms with Gasteiger partial charge in [-0.05, 0) is 24.6 Å². The lowest BCUT2D eigenvalue weighted by Crippen LogP contribution is -2.55. The fourth-order valence-corrected chi connectivity index (χ4v) is 3.79. The van der Waals surface area contributed by atoms with Crippen LogP contribution < -0.4 is 9.47 Å². The van der Waals surface area contributed by atoms with Gasteiger partial charge in [-0.25, -0.2) is 0 Å². The van der Waals surface area contributed by atoms with E-state index in [1.54, 1.807) is 18.2 Å². The molecule has 0 unspecified atom stereocenters. The number of benzene rings is 1. The van der Waals surface area contributed by atoms with E-state index in [4.69, 9.17) is 18.9 Å². The minimum Gasteiger partial charge on any atom is -0.469 e. The Labute approximate surface area is 150 Å². The number of aliphatic hydroxyl groups is 1. The van der Waals surface area contributed by atoms with E-state index in [1.165, 1.54) is 21.1 Å². The molecule has 1 aliphatic carbocycles. The van der Waals surface area contributed by atoms with Gasteiger partial charge in [0.25, 0.3) is 0 Å². The largest absolute Gasteiger partial charge is 0.469 e. The molecule has 1 N–H and O–H groups in total. The SMILES string of the molecule is COC(=O)[C@@H]1C(=O)C[C@@](C)(O)[C@H](C(=O)OC)[C@H]1c1ccc2c(c1)OCO2. The van der Waals surface area contributed by atoms with Crippen molar-refractivity contribution in [3.63, 3.8) is 0 Å². The van der Waals surface area contributed by atoms with Crippen LogP contribution in [-0.2, 0) is 23.9 Å². The summed E-state index contributed by atoms with van der Waals surface area (Å²) in [5.74, 6) is -4.33. The predicted octanol–water partition coefficient (Wildman–Crippen LogP) is 0.801. The molecule has 2 aliphatic rings. The number of methoxy groups -OCH3 is 2. The Kier molecular flexibility index (Phi) is 4.62. The van der Waals surface area contributed by atoms with Gasteiger partial charge in [-0.2, -0.15) is 0 Å². The highest BCUT2D eigenvalue weighted by Gasteiger charge is 2.57. The Morgan fingerprint density at radius 3 is 2.46 bits per heavy atom. The van der Waals surface area contributed by atoms with Crippen molar-refractivity contribution in [2.45, 2.75) is 24.9 Å². The molecule has 8 nitrogen and oxygen atoms in total. The maximum Gasteiger partial charge on any atom is 0.316 e. The molecule has 1 fully saturated rings. The van der Waals surface area contributed by atoms with Crippen LogP contribution in [0.1, 0.15) is 24.8 Å². The monoisotopic (exact) mass is 364 g/mol. The first-order valence-corrected chi connectivity index (χ1v) is 8.10. The van der Waals surface area contributed by atoms with Crippen molar-refractivity contribution in [2.24, 2.45) is 11.8 Å².